The molecule has 1 atom stereocenters. The van der Waals surface area contributed by atoms with Crippen LogP contribution in [0.5, 0.6) is 0 Å². The minimum Gasteiger partial charge on any atom is -0.324 e. The molecule has 0 radical (unpaired) electrons. The molecule has 0 aliphatic heterocycles. The van der Waals surface area contributed by atoms with Crippen LogP contribution in [0.25, 0.3) is 0 Å². The third kappa shape index (κ3) is 2.04. The van der Waals surface area contributed by atoms with E-state index in [1.54, 1.807) is 4.57 Å². The SMILES string of the molecule is CCCn1c(C)ccc(C(C)N)c1=O. The zero-order valence-electron chi connectivity index (χ0n) is 9.08. The Hall–Kier alpha value is -1.09. The van der Waals surface area contributed by atoms with Gasteiger partial charge in [0, 0.05) is 23.8 Å². The lowest BCUT2D eigenvalue weighted by molar-refractivity contribution is 0.620. The third-order valence-corrected chi connectivity index (χ3v) is 2.36. The molecule has 1 unspecified atom stereocenters. The normalized spacial score (nSPS) is 12.9. The van der Waals surface area contributed by atoms with E-state index in [0.717, 1.165) is 18.7 Å². The molecule has 3 heteroatoms. The van der Waals surface area contributed by atoms with Crippen LogP contribution in [0.2, 0.25) is 0 Å². The summed E-state index contributed by atoms with van der Waals surface area (Å²) in [7, 11) is 0. The predicted molar refractivity (Wildman–Crippen MR) is 58.3 cm³/mol. The predicted octanol–water partition coefficient (Wildman–Crippen LogP) is 1.59. The monoisotopic (exact) mass is 194 g/mol. The van der Waals surface area contributed by atoms with Crippen LogP contribution in [0, 0.1) is 6.92 Å². The summed E-state index contributed by atoms with van der Waals surface area (Å²) in [5.41, 5.74) is 7.47. The van der Waals surface area contributed by atoms with Gasteiger partial charge in [-0.1, -0.05) is 13.0 Å². The lowest BCUT2D eigenvalue weighted by Gasteiger charge is -2.12. The van der Waals surface area contributed by atoms with E-state index < -0.39 is 0 Å². The van der Waals surface area contributed by atoms with Crippen LogP contribution in [0.4, 0.5) is 0 Å². The van der Waals surface area contributed by atoms with Crippen molar-refractivity contribution in [2.24, 2.45) is 5.73 Å². The molecule has 0 fully saturated rings. The first-order valence-electron chi connectivity index (χ1n) is 5.03. The summed E-state index contributed by atoms with van der Waals surface area (Å²) in [6.07, 6.45) is 0.961. The maximum atomic E-state index is 11.9. The summed E-state index contributed by atoms with van der Waals surface area (Å²) < 4.78 is 1.79. The van der Waals surface area contributed by atoms with E-state index in [1.807, 2.05) is 26.0 Å². The maximum absolute atomic E-state index is 11.9. The standard InChI is InChI=1S/C11H18N2O/c1-4-7-13-8(2)5-6-10(9(3)12)11(13)14/h5-6,9H,4,7,12H2,1-3H3. The molecule has 1 aromatic heterocycles. The summed E-state index contributed by atoms with van der Waals surface area (Å²) in [5, 5.41) is 0. The van der Waals surface area contributed by atoms with Gasteiger partial charge in [0.05, 0.1) is 0 Å². The van der Waals surface area contributed by atoms with Gasteiger partial charge in [-0.05, 0) is 26.3 Å². The number of rotatable bonds is 3. The number of pyridine rings is 1. The van der Waals surface area contributed by atoms with E-state index >= 15 is 0 Å². The molecule has 1 aromatic rings. The Morgan fingerprint density at radius 3 is 2.64 bits per heavy atom. The van der Waals surface area contributed by atoms with Crippen LogP contribution >= 0.6 is 0 Å². The minimum absolute atomic E-state index is 0.0573. The van der Waals surface area contributed by atoms with Crippen molar-refractivity contribution in [2.45, 2.75) is 39.8 Å². The molecule has 14 heavy (non-hydrogen) atoms. The van der Waals surface area contributed by atoms with Gasteiger partial charge >= 0.3 is 0 Å². The lowest BCUT2D eigenvalue weighted by atomic mass is 10.1. The van der Waals surface area contributed by atoms with Crippen molar-refractivity contribution in [2.75, 3.05) is 0 Å². The first kappa shape index (κ1) is 11.0. The van der Waals surface area contributed by atoms with Crippen LogP contribution in [-0.4, -0.2) is 4.57 Å². The van der Waals surface area contributed by atoms with Gasteiger partial charge in [0.2, 0.25) is 0 Å². The van der Waals surface area contributed by atoms with E-state index in [0.29, 0.717) is 5.56 Å². The van der Waals surface area contributed by atoms with Gasteiger partial charge in [-0.15, -0.1) is 0 Å². The first-order valence-corrected chi connectivity index (χ1v) is 5.03. The van der Waals surface area contributed by atoms with Gasteiger partial charge in [0.15, 0.2) is 0 Å². The van der Waals surface area contributed by atoms with Crippen LogP contribution in [0.3, 0.4) is 0 Å². The molecule has 0 aliphatic rings. The molecule has 1 rings (SSSR count). The molecule has 0 saturated heterocycles. The van der Waals surface area contributed by atoms with Gasteiger partial charge in [-0.2, -0.15) is 0 Å². The average Bonchev–Trinajstić information content (AvgIpc) is 2.11. The third-order valence-electron chi connectivity index (χ3n) is 2.36. The average molecular weight is 194 g/mol. The van der Waals surface area contributed by atoms with Crippen molar-refractivity contribution in [1.29, 1.82) is 0 Å². The molecule has 2 N–H and O–H groups in total. The van der Waals surface area contributed by atoms with E-state index in [1.165, 1.54) is 0 Å². The Kier molecular flexibility index (Phi) is 3.47. The van der Waals surface area contributed by atoms with E-state index in [-0.39, 0.29) is 11.6 Å². The van der Waals surface area contributed by atoms with Gasteiger partial charge in [-0.3, -0.25) is 4.79 Å². The Labute approximate surface area is 84.6 Å². The highest BCUT2D eigenvalue weighted by Gasteiger charge is 2.08. The minimum atomic E-state index is -0.189. The topological polar surface area (TPSA) is 48.0 Å². The summed E-state index contributed by atoms with van der Waals surface area (Å²) >= 11 is 0. The fourth-order valence-corrected chi connectivity index (χ4v) is 1.54. The Morgan fingerprint density at radius 2 is 2.14 bits per heavy atom. The second kappa shape index (κ2) is 4.42. The van der Waals surface area contributed by atoms with E-state index in [9.17, 15) is 4.79 Å². The number of aryl methyl sites for hydroxylation is 1. The van der Waals surface area contributed by atoms with Crippen molar-refractivity contribution in [3.05, 3.63) is 33.7 Å². The quantitative estimate of drug-likeness (QED) is 0.794. The Morgan fingerprint density at radius 1 is 1.50 bits per heavy atom. The van der Waals surface area contributed by atoms with Gasteiger partial charge < -0.3 is 10.3 Å². The van der Waals surface area contributed by atoms with E-state index in [4.69, 9.17) is 5.73 Å². The molecule has 0 saturated carbocycles. The summed E-state index contributed by atoms with van der Waals surface area (Å²) in [4.78, 5) is 11.9. The molecule has 0 aliphatic carbocycles. The highest BCUT2D eigenvalue weighted by atomic mass is 16.1. The maximum Gasteiger partial charge on any atom is 0.255 e. The van der Waals surface area contributed by atoms with Crippen molar-refractivity contribution in [3.63, 3.8) is 0 Å². The summed E-state index contributed by atoms with van der Waals surface area (Å²) in [5.74, 6) is 0. The Balaban J connectivity index is 3.27. The molecule has 0 spiro atoms. The summed E-state index contributed by atoms with van der Waals surface area (Å²) in [6, 6.07) is 3.59. The Bertz CT molecular complexity index is 366. The second-order valence-electron chi connectivity index (χ2n) is 3.68. The van der Waals surface area contributed by atoms with Crippen molar-refractivity contribution in [3.8, 4) is 0 Å². The lowest BCUT2D eigenvalue weighted by Crippen LogP contribution is -2.28. The molecule has 0 bridgehead atoms. The van der Waals surface area contributed by atoms with Crippen LogP contribution in [-0.2, 0) is 6.54 Å². The molecular weight excluding hydrogens is 176 g/mol. The zero-order chi connectivity index (χ0) is 10.7. The fraction of sp³-hybridized carbons (Fsp3) is 0.545. The van der Waals surface area contributed by atoms with Gasteiger partial charge in [-0.25, -0.2) is 0 Å². The molecule has 1 heterocycles. The molecule has 0 aromatic carbocycles. The smallest absolute Gasteiger partial charge is 0.255 e. The number of hydrogen-bond donors (Lipinski definition) is 1. The van der Waals surface area contributed by atoms with Crippen LogP contribution in [0.15, 0.2) is 16.9 Å². The number of aromatic nitrogens is 1. The highest BCUT2D eigenvalue weighted by molar-refractivity contribution is 5.18. The molecule has 0 amide bonds. The first-order chi connectivity index (χ1) is 6.57. The molecule has 3 nitrogen and oxygen atoms in total. The largest absolute Gasteiger partial charge is 0.324 e. The van der Waals surface area contributed by atoms with Gasteiger partial charge in [0.1, 0.15) is 0 Å². The fourth-order valence-electron chi connectivity index (χ4n) is 1.54. The van der Waals surface area contributed by atoms with Crippen molar-refractivity contribution in [1.82, 2.24) is 4.57 Å². The van der Waals surface area contributed by atoms with Crippen LogP contribution < -0.4 is 11.3 Å². The number of nitrogens with two attached hydrogens (primary N) is 1. The zero-order valence-corrected chi connectivity index (χ0v) is 9.08. The second-order valence-corrected chi connectivity index (χ2v) is 3.68. The summed E-state index contributed by atoms with van der Waals surface area (Å²) in [6.45, 7) is 6.61. The van der Waals surface area contributed by atoms with Crippen LogP contribution in [0.1, 0.15) is 37.6 Å². The van der Waals surface area contributed by atoms with Crippen molar-refractivity contribution < 1.29 is 0 Å². The number of nitrogens with zero attached hydrogens (tertiary/aromatic N) is 1. The van der Waals surface area contributed by atoms with Gasteiger partial charge in [0.25, 0.3) is 5.56 Å². The van der Waals surface area contributed by atoms with E-state index in [2.05, 4.69) is 6.92 Å². The number of hydrogen-bond acceptors (Lipinski definition) is 2. The molecule has 78 valence electrons. The molecular formula is C11H18N2O. The highest BCUT2D eigenvalue weighted by Crippen LogP contribution is 2.05. The van der Waals surface area contributed by atoms with Crippen molar-refractivity contribution >= 4 is 0 Å².